The topological polar surface area (TPSA) is 38.7 Å². The van der Waals surface area contributed by atoms with Gasteiger partial charge in [0, 0.05) is 6.07 Å². The molecule has 0 fully saturated rings. The Bertz CT molecular complexity index is 569. The number of aliphatic hydroxyl groups is 1. The van der Waals surface area contributed by atoms with Gasteiger partial charge in [0.2, 0.25) is 0 Å². The summed E-state index contributed by atoms with van der Waals surface area (Å²) in [5.41, 5.74) is 1.56. The summed E-state index contributed by atoms with van der Waals surface area (Å²) in [7, 11) is 0. The largest absolute Gasteiger partial charge is 0.494 e. The predicted octanol–water partition coefficient (Wildman–Crippen LogP) is 3.26. The van der Waals surface area contributed by atoms with E-state index in [0.29, 0.717) is 17.9 Å². The molecule has 2 rings (SSSR count). The minimum absolute atomic E-state index is 0.105. The highest BCUT2D eigenvalue weighted by molar-refractivity contribution is 5.66. The molecule has 0 spiro atoms. The molecule has 0 aliphatic heterocycles. The van der Waals surface area contributed by atoms with Gasteiger partial charge in [0.15, 0.2) is 0 Å². The van der Waals surface area contributed by atoms with Crippen LogP contribution < -0.4 is 9.47 Å². The Morgan fingerprint density at radius 3 is 2.55 bits per heavy atom. The predicted molar refractivity (Wildman–Crippen MR) is 75.6 cm³/mol. The first-order chi connectivity index (χ1) is 9.72. The minimum atomic E-state index is -0.378. The standard InChI is InChI=1S/C16H17FO3/c1-2-19-15-5-3-4-12(9-15)13-8-14(17)11-16(10-13)20-7-6-18/h3-5,8-11,18H,2,6-7H2,1H3. The van der Waals surface area contributed by atoms with Gasteiger partial charge < -0.3 is 14.6 Å². The number of rotatable bonds is 6. The lowest BCUT2D eigenvalue weighted by Gasteiger charge is -2.09. The second kappa shape index (κ2) is 6.91. The van der Waals surface area contributed by atoms with Crippen molar-refractivity contribution >= 4 is 0 Å². The molecule has 20 heavy (non-hydrogen) atoms. The second-order valence-electron chi connectivity index (χ2n) is 4.21. The van der Waals surface area contributed by atoms with E-state index in [1.165, 1.54) is 12.1 Å². The molecule has 0 saturated carbocycles. The van der Waals surface area contributed by atoms with Gasteiger partial charge in [0.05, 0.1) is 13.2 Å². The summed E-state index contributed by atoms with van der Waals surface area (Å²) >= 11 is 0. The van der Waals surface area contributed by atoms with Crippen LogP contribution in [0.25, 0.3) is 11.1 Å². The molecule has 0 aliphatic carbocycles. The van der Waals surface area contributed by atoms with Crippen LogP contribution in [0.15, 0.2) is 42.5 Å². The molecule has 2 aromatic carbocycles. The van der Waals surface area contributed by atoms with Gasteiger partial charge >= 0.3 is 0 Å². The monoisotopic (exact) mass is 276 g/mol. The van der Waals surface area contributed by atoms with Crippen LogP contribution in [0.3, 0.4) is 0 Å². The molecular weight excluding hydrogens is 259 g/mol. The van der Waals surface area contributed by atoms with Gasteiger partial charge in [-0.1, -0.05) is 12.1 Å². The van der Waals surface area contributed by atoms with Gasteiger partial charge in [0.25, 0.3) is 0 Å². The third kappa shape index (κ3) is 3.71. The molecule has 4 heteroatoms. The quantitative estimate of drug-likeness (QED) is 0.880. The second-order valence-corrected chi connectivity index (χ2v) is 4.21. The molecule has 0 amide bonds. The average molecular weight is 276 g/mol. The van der Waals surface area contributed by atoms with Crippen molar-refractivity contribution in [3.63, 3.8) is 0 Å². The van der Waals surface area contributed by atoms with E-state index in [1.807, 2.05) is 31.2 Å². The number of ether oxygens (including phenoxy) is 2. The SMILES string of the molecule is CCOc1cccc(-c2cc(F)cc(OCCO)c2)c1. The number of hydrogen-bond acceptors (Lipinski definition) is 3. The fourth-order valence-electron chi connectivity index (χ4n) is 1.91. The Morgan fingerprint density at radius 2 is 1.80 bits per heavy atom. The van der Waals surface area contributed by atoms with Gasteiger partial charge in [-0.2, -0.15) is 0 Å². The molecule has 0 radical (unpaired) electrons. The van der Waals surface area contributed by atoms with E-state index in [9.17, 15) is 4.39 Å². The number of aliphatic hydroxyl groups excluding tert-OH is 1. The number of hydrogen-bond donors (Lipinski definition) is 1. The van der Waals surface area contributed by atoms with Crippen molar-refractivity contribution in [1.82, 2.24) is 0 Å². The Labute approximate surface area is 117 Å². The van der Waals surface area contributed by atoms with Crippen LogP contribution in [-0.4, -0.2) is 24.9 Å². The van der Waals surface area contributed by atoms with E-state index in [1.54, 1.807) is 6.07 Å². The van der Waals surface area contributed by atoms with Crippen LogP contribution in [-0.2, 0) is 0 Å². The molecule has 0 aromatic heterocycles. The van der Waals surface area contributed by atoms with Gasteiger partial charge in [-0.15, -0.1) is 0 Å². The average Bonchev–Trinajstić information content (AvgIpc) is 2.45. The summed E-state index contributed by atoms with van der Waals surface area (Å²) in [6, 6.07) is 11.9. The van der Waals surface area contributed by atoms with E-state index in [4.69, 9.17) is 14.6 Å². The van der Waals surface area contributed by atoms with E-state index >= 15 is 0 Å². The Morgan fingerprint density at radius 1 is 1.00 bits per heavy atom. The highest BCUT2D eigenvalue weighted by Crippen LogP contribution is 2.28. The zero-order chi connectivity index (χ0) is 14.4. The van der Waals surface area contributed by atoms with E-state index in [0.717, 1.165) is 11.3 Å². The third-order valence-electron chi connectivity index (χ3n) is 2.71. The summed E-state index contributed by atoms with van der Waals surface area (Å²) in [5.74, 6) is 0.764. The van der Waals surface area contributed by atoms with Crippen LogP contribution in [0.2, 0.25) is 0 Å². The van der Waals surface area contributed by atoms with Crippen molar-refractivity contribution < 1.29 is 19.0 Å². The van der Waals surface area contributed by atoms with E-state index < -0.39 is 0 Å². The van der Waals surface area contributed by atoms with Crippen molar-refractivity contribution in [3.05, 3.63) is 48.3 Å². The first-order valence-corrected chi connectivity index (χ1v) is 6.50. The normalized spacial score (nSPS) is 10.3. The van der Waals surface area contributed by atoms with Crippen LogP contribution in [0, 0.1) is 5.82 Å². The summed E-state index contributed by atoms with van der Waals surface area (Å²) in [6.07, 6.45) is 0. The maximum absolute atomic E-state index is 13.6. The fourth-order valence-corrected chi connectivity index (χ4v) is 1.91. The molecular formula is C16H17FO3. The van der Waals surface area contributed by atoms with Crippen molar-refractivity contribution in [2.24, 2.45) is 0 Å². The number of benzene rings is 2. The molecule has 0 unspecified atom stereocenters. The summed E-state index contributed by atoms with van der Waals surface area (Å²) in [6.45, 7) is 2.53. The molecule has 3 nitrogen and oxygen atoms in total. The maximum atomic E-state index is 13.6. The van der Waals surface area contributed by atoms with Gasteiger partial charge in [0.1, 0.15) is 23.9 Å². The molecule has 0 saturated heterocycles. The van der Waals surface area contributed by atoms with Crippen LogP contribution in [0.5, 0.6) is 11.5 Å². The fraction of sp³-hybridized carbons (Fsp3) is 0.250. The highest BCUT2D eigenvalue weighted by atomic mass is 19.1. The van der Waals surface area contributed by atoms with E-state index in [2.05, 4.69) is 0 Å². The molecule has 0 heterocycles. The molecule has 0 bridgehead atoms. The molecule has 106 valence electrons. The first kappa shape index (κ1) is 14.3. The highest BCUT2D eigenvalue weighted by Gasteiger charge is 2.05. The van der Waals surface area contributed by atoms with Crippen molar-refractivity contribution in [2.75, 3.05) is 19.8 Å². The summed E-state index contributed by atoms with van der Waals surface area (Å²) in [4.78, 5) is 0. The smallest absolute Gasteiger partial charge is 0.127 e. The third-order valence-corrected chi connectivity index (χ3v) is 2.71. The lowest BCUT2D eigenvalue weighted by Crippen LogP contribution is -2.02. The maximum Gasteiger partial charge on any atom is 0.127 e. The van der Waals surface area contributed by atoms with Crippen molar-refractivity contribution in [2.45, 2.75) is 6.92 Å². The summed E-state index contributed by atoms with van der Waals surface area (Å²) < 4.78 is 24.3. The van der Waals surface area contributed by atoms with Gasteiger partial charge in [-0.25, -0.2) is 4.39 Å². The van der Waals surface area contributed by atoms with Crippen molar-refractivity contribution in [1.29, 1.82) is 0 Å². The van der Waals surface area contributed by atoms with Crippen molar-refractivity contribution in [3.8, 4) is 22.6 Å². The van der Waals surface area contributed by atoms with Gasteiger partial charge in [-0.3, -0.25) is 0 Å². The number of halogens is 1. The van der Waals surface area contributed by atoms with Crippen LogP contribution in [0.1, 0.15) is 6.92 Å². The van der Waals surface area contributed by atoms with E-state index in [-0.39, 0.29) is 19.0 Å². The lowest BCUT2D eigenvalue weighted by molar-refractivity contribution is 0.201. The molecule has 0 aliphatic rings. The lowest BCUT2D eigenvalue weighted by atomic mass is 10.0. The van der Waals surface area contributed by atoms with Crippen LogP contribution in [0.4, 0.5) is 4.39 Å². The van der Waals surface area contributed by atoms with Crippen LogP contribution >= 0.6 is 0 Å². The molecule has 0 atom stereocenters. The Balaban J connectivity index is 2.31. The summed E-state index contributed by atoms with van der Waals surface area (Å²) in [5, 5.41) is 8.74. The Hall–Kier alpha value is -2.07. The Kier molecular flexibility index (Phi) is 4.96. The first-order valence-electron chi connectivity index (χ1n) is 6.50. The minimum Gasteiger partial charge on any atom is -0.494 e. The molecule has 1 N–H and O–H groups in total. The zero-order valence-electron chi connectivity index (χ0n) is 11.3. The molecule has 2 aromatic rings. The van der Waals surface area contributed by atoms with Gasteiger partial charge in [-0.05, 0) is 42.3 Å². The zero-order valence-corrected chi connectivity index (χ0v) is 11.3.